The monoisotopic (exact) mass is 322 g/mol. The second kappa shape index (κ2) is 6.39. The van der Waals surface area contributed by atoms with Crippen LogP contribution in [0.3, 0.4) is 0 Å². The molecule has 1 aromatic heterocycles. The lowest BCUT2D eigenvalue weighted by Crippen LogP contribution is -2.51. The summed E-state index contributed by atoms with van der Waals surface area (Å²) in [6.07, 6.45) is 2.41. The van der Waals surface area contributed by atoms with E-state index in [2.05, 4.69) is 4.98 Å². The maximum absolute atomic E-state index is 12.3. The van der Waals surface area contributed by atoms with E-state index in [1.807, 2.05) is 0 Å². The first-order valence-electron chi connectivity index (χ1n) is 7.55. The molecule has 0 bridgehead atoms. The van der Waals surface area contributed by atoms with Crippen LogP contribution in [0.15, 0.2) is 17.1 Å². The van der Waals surface area contributed by atoms with Crippen LogP contribution < -0.4 is 11.4 Å². The van der Waals surface area contributed by atoms with Crippen LogP contribution in [0.25, 0.3) is 0 Å². The van der Waals surface area contributed by atoms with Crippen LogP contribution in [0.5, 0.6) is 0 Å². The second-order valence-corrected chi connectivity index (χ2v) is 6.58. The predicted octanol–water partition coefficient (Wildman–Crippen LogP) is 1.14. The number of piperidine rings is 1. The number of anilines is 1. The fourth-order valence-electron chi connectivity index (χ4n) is 2.49. The maximum Gasteiger partial charge on any atom is 0.417 e. The molecule has 0 saturated carbocycles. The summed E-state index contributed by atoms with van der Waals surface area (Å²) in [6, 6.07) is 1.07. The van der Waals surface area contributed by atoms with E-state index < -0.39 is 23.4 Å². The third kappa shape index (κ3) is 4.30. The van der Waals surface area contributed by atoms with E-state index in [9.17, 15) is 14.4 Å². The first-order chi connectivity index (χ1) is 10.7. The minimum Gasteiger partial charge on any atom is -0.443 e. The number of amides is 2. The van der Waals surface area contributed by atoms with Gasteiger partial charge < -0.3 is 10.5 Å². The molecule has 126 valence electrons. The van der Waals surface area contributed by atoms with Crippen molar-refractivity contribution < 1.29 is 14.3 Å². The van der Waals surface area contributed by atoms with E-state index >= 15 is 0 Å². The van der Waals surface area contributed by atoms with Gasteiger partial charge in [-0.3, -0.25) is 9.36 Å². The molecule has 1 atom stereocenters. The summed E-state index contributed by atoms with van der Waals surface area (Å²) in [5.74, 6) is -0.151. The molecule has 0 aromatic carbocycles. The Bertz CT molecular complexity index is 662. The minimum atomic E-state index is -0.695. The van der Waals surface area contributed by atoms with Crippen molar-refractivity contribution >= 4 is 17.8 Å². The molecule has 2 rings (SSSR count). The van der Waals surface area contributed by atoms with Gasteiger partial charge in [-0.2, -0.15) is 4.98 Å². The lowest BCUT2D eigenvalue weighted by Gasteiger charge is -2.35. The van der Waals surface area contributed by atoms with Gasteiger partial charge in [-0.25, -0.2) is 14.5 Å². The van der Waals surface area contributed by atoms with Crippen LogP contribution in [0.2, 0.25) is 0 Å². The molecule has 23 heavy (non-hydrogen) atoms. The van der Waals surface area contributed by atoms with Crippen molar-refractivity contribution in [3.8, 4) is 0 Å². The number of hydrogen-bond acceptors (Lipinski definition) is 6. The van der Waals surface area contributed by atoms with Gasteiger partial charge in [0.15, 0.2) is 0 Å². The number of nitrogens with zero attached hydrogens (tertiary/aromatic N) is 3. The van der Waals surface area contributed by atoms with E-state index in [0.29, 0.717) is 19.3 Å². The first kappa shape index (κ1) is 17.0. The van der Waals surface area contributed by atoms with Crippen LogP contribution in [0.4, 0.5) is 10.6 Å². The molecule has 1 saturated heterocycles. The number of hydrogen-bond donors (Lipinski definition) is 1. The lowest BCUT2D eigenvalue weighted by molar-refractivity contribution is -0.135. The highest BCUT2D eigenvalue weighted by Gasteiger charge is 2.36. The topological polar surface area (TPSA) is 108 Å². The van der Waals surface area contributed by atoms with Crippen molar-refractivity contribution in [3.63, 3.8) is 0 Å². The summed E-state index contributed by atoms with van der Waals surface area (Å²) in [7, 11) is 0. The molecular formula is C15H22N4O4. The molecule has 0 spiro atoms. The number of carbonyl (C=O) groups excluding carboxylic acids is 2. The molecule has 2 amide bonds. The summed E-state index contributed by atoms with van der Waals surface area (Å²) in [5.41, 5.74) is 4.26. The normalized spacial score (nSPS) is 18.8. The van der Waals surface area contributed by atoms with E-state index in [-0.39, 0.29) is 18.3 Å². The molecule has 1 aliphatic rings. The third-order valence-corrected chi connectivity index (χ3v) is 3.46. The number of ether oxygens (including phenoxy) is 1. The highest BCUT2D eigenvalue weighted by Crippen LogP contribution is 2.22. The largest absolute Gasteiger partial charge is 0.443 e. The summed E-state index contributed by atoms with van der Waals surface area (Å²) in [6.45, 7) is 5.39. The van der Waals surface area contributed by atoms with Crippen molar-refractivity contribution in [3.05, 3.63) is 22.7 Å². The average molecular weight is 322 g/mol. The van der Waals surface area contributed by atoms with Crippen LogP contribution in [-0.2, 0) is 16.1 Å². The van der Waals surface area contributed by atoms with E-state index in [0.717, 1.165) is 4.90 Å². The fourth-order valence-corrected chi connectivity index (χ4v) is 2.49. The van der Waals surface area contributed by atoms with Crippen molar-refractivity contribution in [1.29, 1.82) is 0 Å². The van der Waals surface area contributed by atoms with Crippen molar-refractivity contribution in [1.82, 2.24) is 14.5 Å². The number of aromatic nitrogens is 2. The Balaban J connectivity index is 2.21. The van der Waals surface area contributed by atoms with Gasteiger partial charge in [-0.15, -0.1) is 0 Å². The van der Waals surface area contributed by atoms with E-state index in [1.54, 1.807) is 20.8 Å². The van der Waals surface area contributed by atoms with Crippen molar-refractivity contribution in [2.75, 3.05) is 5.73 Å². The molecule has 8 heteroatoms. The van der Waals surface area contributed by atoms with Gasteiger partial charge in [-0.1, -0.05) is 0 Å². The second-order valence-electron chi connectivity index (χ2n) is 6.58. The highest BCUT2D eigenvalue weighted by molar-refractivity contribution is 5.93. The standard InChI is InChI=1S/C15H22N4O4/c1-15(2,3)23-14(22)19-10(5-4-6-12(19)20)9-18-8-7-11(16)17-13(18)21/h7-8,10H,4-6,9H2,1-3H3,(H2,16,17,21)/t10-/m0/s1. The Hall–Kier alpha value is -2.38. The zero-order valence-corrected chi connectivity index (χ0v) is 13.6. The van der Waals surface area contributed by atoms with Crippen LogP contribution in [0, 0.1) is 0 Å². The number of imide groups is 1. The van der Waals surface area contributed by atoms with Gasteiger partial charge in [0.2, 0.25) is 5.91 Å². The zero-order chi connectivity index (χ0) is 17.2. The average Bonchev–Trinajstić information content (AvgIpc) is 2.40. The fraction of sp³-hybridized carbons (Fsp3) is 0.600. The predicted molar refractivity (Wildman–Crippen MR) is 83.6 cm³/mol. The van der Waals surface area contributed by atoms with Gasteiger partial charge in [-0.05, 0) is 39.7 Å². The lowest BCUT2D eigenvalue weighted by atomic mass is 10.0. The number of carbonyl (C=O) groups is 2. The molecule has 1 fully saturated rings. The highest BCUT2D eigenvalue weighted by atomic mass is 16.6. The third-order valence-electron chi connectivity index (χ3n) is 3.46. The Kier molecular flexibility index (Phi) is 4.72. The molecule has 0 unspecified atom stereocenters. The van der Waals surface area contributed by atoms with Crippen LogP contribution in [-0.4, -0.2) is 38.1 Å². The van der Waals surface area contributed by atoms with E-state index in [1.165, 1.54) is 16.8 Å². The SMILES string of the molecule is CC(C)(C)OC(=O)N1C(=O)CCC[C@H]1Cn1ccc(N)nc1=O. The smallest absolute Gasteiger partial charge is 0.417 e. The summed E-state index contributed by atoms with van der Waals surface area (Å²) < 4.78 is 6.65. The summed E-state index contributed by atoms with van der Waals surface area (Å²) >= 11 is 0. The van der Waals surface area contributed by atoms with Crippen molar-refractivity contribution in [2.45, 2.75) is 58.2 Å². The molecular weight excluding hydrogens is 300 g/mol. The van der Waals surface area contributed by atoms with Crippen LogP contribution >= 0.6 is 0 Å². The molecule has 2 N–H and O–H groups in total. The van der Waals surface area contributed by atoms with Gasteiger partial charge in [0.1, 0.15) is 11.4 Å². The first-order valence-corrected chi connectivity index (χ1v) is 7.55. The van der Waals surface area contributed by atoms with Crippen LogP contribution in [0.1, 0.15) is 40.0 Å². The summed E-state index contributed by atoms with van der Waals surface area (Å²) in [4.78, 5) is 41.1. The van der Waals surface area contributed by atoms with Gasteiger partial charge >= 0.3 is 11.8 Å². The van der Waals surface area contributed by atoms with Gasteiger partial charge in [0.05, 0.1) is 6.04 Å². The Morgan fingerprint density at radius 1 is 1.43 bits per heavy atom. The Morgan fingerprint density at radius 3 is 2.74 bits per heavy atom. The van der Waals surface area contributed by atoms with Crippen molar-refractivity contribution in [2.24, 2.45) is 0 Å². The number of nitrogens with two attached hydrogens (primary N) is 1. The summed E-state index contributed by atoms with van der Waals surface area (Å²) in [5, 5.41) is 0. The maximum atomic E-state index is 12.3. The molecule has 2 heterocycles. The van der Waals surface area contributed by atoms with Gasteiger partial charge in [0, 0.05) is 19.2 Å². The Labute approximate surface area is 134 Å². The van der Waals surface area contributed by atoms with E-state index in [4.69, 9.17) is 10.5 Å². The molecule has 0 radical (unpaired) electrons. The molecule has 0 aliphatic carbocycles. The molecule has 1 aliphatic heterocycles. The van der Waals surface area contributed by atoms with Gasteiger partial charge in [0.25, 0.3) is 0 Å². The number of likely N-dealkylation sites (tertiary alicyclic amines) is 1. The number of rotatable bonds is 2. The quantitative estimate of drug-likeness (QED) is 0.875. The minimum absolute atomic E-state index is 0.134. The molecule has 1 aromatic rings. The molecule has 8 nitrogen and oxygen atoms in total. The zero-order valence-electron chi connectivity index (χ0n) is 13.6. The Morgan fingerprint density at radius 2 is 2.13 bits per heavy atom. The number of nitrogen functional groups attached to an aromatic ring is 1.